The van der Waals surface area contributed by atoms with Crippen molar-refractivity contribution in [2.75, 3.05) is 12.4 Å². The summed E-state index contributed by atoms with van der Waals surface area (Å²) in [5.74, 6) is 1.91. The van der Waals surface area contributed by atoms with Crippen molar-refractivity contribution in [2.24, 2.45) is 0 Å². The molecule has 0 amide bonds. The van der Waals surface area contributed by atoms with Crippen LogP contribution < -0.4 is 10.1 Å². The normalized spacial score (nSPS) is 10.8. The van der Waals surface area contributed by atoms with E-state index in [2.05, 4.69) is 25.3 Å². The van der Waals surface area contributed by atoms with E-state index in [1.165, 1.54) is 6.20 Å². The summed E-state index contributed by atoms with van der Waals surface area (Å²) in [5, 5.41) is 3.94. The highest BCUT2D eigenvalue weighted by atomic mass is 19.1. The van der Waals surface area contributed by atoms with Crippen molar-refractivity contribution in [3.63, 3.8) is 0 Å². The fraction of sp³-hybridized carbons (Fsp3) is 0.100. The van der Waals surface area contributed by atoms with E-state index in [4.69, 9.17) is 4.74 Å². The lowest BCUT2D eigenvalue weighted by atomic mass is 10.2. The van der Waals surface area contributed by atoms with Crippen LogP contribution in [0.25, 0.3) is 22.3 Å². The molecular weight excluding hydrogens is 345 g/mol. The Morgan fingerprint density at radius 2 is 1.96 bits per heavy atom. The fourth-order valence-corrected chi connectivity index (χ4v) is 2.68. The Morgan fingerprint density at radius 3 is 2.70 bits per heavy atom. The number of halogens is 1. The standard InChI is InChI=1S/C20H16FN5O/c1-12-8-18(23-11-16(12)21)25-20-15-9-14(27-2)5-6-17(15)24-19(26-20)13-4-3-7-22-10-13/h3-11H,1-2H3,(H,23,24,25,26). The first-order chi connectivity index (χ1) is 13.1. The third-order valence-corrected chi connectivity index (χ3v) is 4.12. The molecule has 0 fully saturated rings. The summed E-state index contributed by atoms with van der Waals surface area (Å²) in [6, 6.07) is 10.9. The molecule has 27 heavy (non-hydrogen) atoms. The van der Waals surface area contributed by atoms with Gasteiger partial charge >= 0.3 is 0 Å². The Kier molecular flexibility index (Phi) is 4.33. The molecule has 6 nitrogen and oxygen atoms in total. The van der Waals surface area contributed by atoms with Gasteiger partial charge in [0.05, 0.1) is 18.8 Å². The minimum absolute atomic E-state index is 0.356. The summed E-state index contributed by atoms with van der Waals surface area (Å²) in [5.41, 5.74) is 2.03. The zero-order chi connectivity index (χ0) is 18.8. The molecule has 0 aliphatic heterocycles. The largest absolute Gasteiger partial charge is 0.497 e. The van der Waals surface area contributed by atoms with Gasteiger partial charge < -0.3 is 10.1 Å². The third kappa shape index (κ3) is 3.39. The van der Waals surface area contributed by atoms with Gasteiger partial charge in [0.25, 0.3) is 0 Å². The predicted octanol–water partition coefficient (Wildman–Crippen LogP) is 4.29. The number of anilines is 2. The van der Waals surface area contributed by atoms with Crippen LogP contribution in [0.5, 0.6) is 5.75 Å². The molecule has 0 unspecified atom stereocenters. The van der Waals surface area contributed by atoms with Crippen molar-refractivity contribution in [2.45, 2.75) is 6.92 Å². The lowest BCUT2D eigenvalue weighted by Gasteiger charge is -2.12. The predicted molar refractivity (Wildman–Crippen MR) is 102 cm³/mol. The Hall–Kier alpha value is -3.61. The molecule has 0 aliphatic carbocycles. The maximum atomic E-state index is 13.5. The van der Waals surface area contributed by atoms with Gasteiger partial charge in [0.15, 0.2) is 5.82 Å². The van der Waals surface area contributed by atoms with Gasteiger partial charge in [-0.2, -0.15) is 0 Å². The van der Waals surface area contributed by atoms with Gasteiger partial charge in [0, 0.05) is 23.3 Å². The minimum atomic E-state index is -0.356. The van der Waals surface area contributed by atoms with Crippen molar-refractivity contribution >= 4 is 22.5 Å². The van der Waals surface area contributed by atoms with Gasteiger partial charge in [0.2, 0.25) is 0 Å². The molecule has 3 heterocycles. The zero-order valence-electron chi connectivity index (χ0n) is 14.8. The van der Waals surface area contributed by atoms with E-state index in [0.29, 0.717) is 28.8 Å². The summed E-state index contributed by atoms with van der Waals surface area (Å²) >= 11 is 0. The van der Waals surface area contributed by atoms with Gasteiger partial charge in [-0.05, 0) is 48.9 Å². The molecule has 0 spiro atoms. The molecule has 1 N–H and O–H groups in total. The maximum absolute atomic E-state index is 13.5. The Labute approximate surface area is 155 Å². The summed E-state index contributed by atoms with van der Waals surface area (Å²) in [4.78, 5) is 17.5. The number of ether oxygens (including phenoxy) is 1. The number of hydrogen-bond acceptors (Lipinski definition) is 6. The average molecular weight is 361 g/mol. The fourth-order valence-electron chi connectivity index (χ4n) is 2.68. The number of hydrogen-bond donors (Lipinski definition) is 1. The SMILES string of the molecule is COc1ccc2nc(-c3cccnc3)nc(Nc3cc(C)c(F)cn3)c2c1. The van der Waals surface area contributed by atoms with Gasteiger partial charge in [0.1, 0.15) is 23.2 Å². The summed E-state index contributed by atoms with van der Waals surface area (Å²) < 4.78 is 18.9. The quantitative estimate of drug-likeness (QED) is 0.585. The highest BCUT2D eigenvalue weighted by Crippen LogP contribution is 2.29. The smallest absolute Gasteiger partial charge is 0.163 e. The number of nitrogens with one attached hydrogen (secondary N) is 1. The van der Waals surface area contributed by atoms with E-state index in [-0.39, 0.29) is 5.82 Å². The minimum Gasteiger partial charge on any atom is -0.497 e. The molecule has 134 valence electrons. The first-order valence-electron chi connectivity index (χ1n) is 8.29. The molecule has 0 radical (unpaired) electrons. The number of nitrogens with zero attached hydrogens (tertiary/aromatic N) is 4. The Balaban J connectivity index is 1.88. The van der Waals surface area contributed by atoms with Crippen molar-refractivity contribution in [3.8, 4) is 17.1 Å². The van der Waals surface area contributed by atoms with Crippen LogP contribution in [0, 0.1) is 12.7 Å². The Morgan fingerprint density at radius 1 is 1.07 bits per heavy atom. The Bertz CT molecular complexity index is 1120. The van der Waals surface area contributed by atoms with E-state index in [1.54, 1.807) is 32.5 Å². The number of benzene rings is 1. The molecule has 4 aromatic rings. The topological polar surface area (TPSA) is 72.8 Å². The van der Waals surface area contributed by atoms with E-state index in [1.807, 2.05) is 30.3 Å². The summed E-state index contributed by atoms with van der Waals surface area (Å²) in [7, 11) is 1.60. The van der Waals surface area contributed by atoms with E-state index in [0.717, 1.165) is 16.5 Å². The highest BCUT2D eigenvalue weighted by molar-refractivity contribution is 5.93. The molecule has 0 saturated heterocycles. The second-order valence-electron chi connectivity index (χ2n) is 5.96. The first kappa shape index (κ1) is 16.8. The zero-order valence-corrected chi connectivity index (χ0v) is 14.8. The van der Waals surface area contributed by atoms with Crippen LogP contribution in [0.1, 0.15) is 5.56 Å². The lowest BCUT2D eigenvalue weighted by Crippen LogP contribution is -2.02. The van der Waals surface area contributed by atoms with Gasteiger partial charge in [-0.3, -0.25) is 4.98 Å². The molecule has 0 bridgehead atoms. The lowest BCUT2D eigenvalue weighted by molar-refractivity contribution is 0.415. The van der Waals surface area contributed by atoms with Crippen molar-refractivity contribution in [1.29, 1.82) is 0 Å². The van der Waals surface area contributed by atoms with Crippen LogP contribution in [0.3, 0.4) is 0 Å². The molecule has 0 aliphatic rings. The number of fused-ring (bicyclic) bond motifs is 1. The van der Waals surface area contributed by atoms with Crippen LogP contribution in [-0.2, 0) is 0 Å². The highest BCUT2D eigenvalue weighted by Gasteiger charge is 2.12. The molecule has 0 atom stereocenters. The summed E-state index contributed by atoms with van der Waals surface area (Å²) in [6.45, 7) is 1.68. The molecule has 7 heteroatoms. The van der Waals surface area contributed by atoms with Crippen molar-refractivity contribution in [1.82, 2.24) is 19.9 Å². The van der Waals surface area contributed by atoms with E-state index < -0.39 is 0 Å². The van der Waals surface area contributed by atoms with Crippen LogP contribution in [0.4, 0.5) is 16.0 Å². The summed E-state index contributed by atoms with van der Waals surface area (Å²) in [6.07, 6.45) is 4.58. The van der Waals surface area contributed by atoms with Crippen LogP contribution >= 0.6 is 0 Å². The van der Waals surface area contributed by atoms with Gasteiger partial charge in [-0.1, -0.05) is 0 Å². The molecule has 4 rings (SSSR count). The number of aryl methyl sites for hydroxylation is 1. The second kappa shape index (κ2) is 6.95. The van der Waals surface area contributed by atoms with Crippen molar-refractivity contribution in [3.05, 3.63) is 66.4 Å². The number of methoxy groups -OCH3 is 1. The molecule has 3 aromatic heterocycles. The third-order valence-electron chi connectivity index (χ3n) is 4.12. The molecular formula is C20H16FN5O. The van der Waals surface area contributed by atoms with Crippen molar-refractivity contribution < 1.29 is 9.13 Å². The molecule has 1 aromatic carbocycles. The van der Waals surface area contributed by atoms with E-state index in [9.17, 15) is 4.39 Å². The molecule has 0 saturated carbocycles. The van der Waals surface area contributed by atoms with Crippen LogP contribution in [0.2, 0.25) is 0 Å². The first-order valence-corrected chi connectivity index (χ1v) is 8.29. The van der Waals surface area contributed by atoms with Crippen LogP contribution in [-0.4, -0.2) is 27.0 Å². The van der Waals surface area contributed by atoms with Crippen LogP contribution in [0.15, 0.2) is 55.0 Å². The van der Waals surface area contributed by atoms with Gasteiger partial charge in [-0.15, -0.1) is 0 Å². The van der Waals surface area contributed by atoms with E-state index >= 15 is 0 Å². The monoisotopic (exact) mass is 361 g/mol. The van der Waals surface area contributed by atoms with Gasteiger partial charge in [-0.25, -0.2) is 19.3 Å². The second-order valence-corrected chi connectivity index (χ2v) is 5.96. The average Bonchev–Trinajstić information content (AvgIpc) is 2.71. The number of pyridine rings is 2. The number of aromatic nitrogens is 4. The number of rotatable bonds is 4. The maximum Gasteiger partial charge on any atom is 0.163 e.